The van der Waals surface area contributed by atoms with Crippen molar-refractivity contribution in [1.82, 2.24) is 10.6 Å². The number of rotatable bonds is 8. The van der Waals surface area contributed by atoms with Gasteiger partial charge in [0, 0.05) is 31.3 Å². The minimum absolute atomic E-state index is 0.114. The van der Waals surface area contributed by atoms with Gasteiger partial charge in [-0.1, -0.05) is 6.07 Å². The van der Waals surface area contributed by atoms with Crippen LogP contribution in [0.5, 0.6) is 17.2 Å². The molecule has 0 unspecified atom stereocenters. The second-order valence-corrected chi connectivity index (χ2v) is 5.83. The van der Waals surface area contributed by atoms with Crippen molar-refractivity contribution in [2.45, 2.75) is 13.0 Å². The highest BCUT2D eigenvalue weighted by molar-refractivity contribution is 5.79. The molecule has 28 heavy (non-hydrogen) atoms. The van der Waals surface area contributed by atoms with Crippen LogP contribution in [0.15, 0.2) is 35.3 Å². The van der Waals surface area contributed by atoms with Gasteiger partial charge in [-0.3, -0.25) is 4.99 Å². The van der Waals surface area contributed by atoms with Gasteiger partial charge in [-0.15, -0.1) is 0 Å². The lowest BCUT2D eigenvalue weighted by Gasteiger charge is -2.17. The van der Waals surface area contributed by atoms with Gasteiger partial charge in [0.05, 0.1) is 21.3 Å². The van der Waals surface area contributed by atoms with Crippen molar-refractivity contribution >= 4 is 5.96 Å². The molecule has 6 nitrogen and oxygen atoms in total. The summed E-state index contributed by atoms with van der Waals surface area (Å²) in [7, 11) is 6.30. The van der Waals surface area contributed by atoms with Gasteiger partial charge in [0.25, 0.3) is 0 Å². The van der Waals surface area contributed by atoms with Crippen LogP contribution < -0.4 is 24.8 Å². The fourth-order valence-electron chi connectivity index (χ4n) is 2.75. The topological polar surface area (TPSA) is 64.1 Å². The summed E-state index contributed by atoms with van der Waals surface area (Å²) in [6, 6.07) is 7.06. The third kappa shape index (κ3) is 5.25. The molecule has 0 bridgehead atoms. The first kappa shape index (κ1) is 21.3. The van der Waals surface area contributed by atoms with Crippen LogP contribution in [0.2, 0.25) is 0 Å². The number of methoxy groups -OCH3 is 3. The number of hydrogen-bond donors (Lipinski definition) is 2. The van der Waals surface area contributed by atoms with Crippen molar-refractivity contribution in [2.75, 3.05) is 34.9 Å². The van der Waals surface area contributed by atoms with Crippen molar-refractivity contribution in [2.24, 2.45) is 4.99 Å². The Labute approximate surface area is 163 Å². The molecule has 2 aromatic rings. The molecule has 2 rings (SSSR count). The molecule has 2 aromatic carbocycles. The Morgan fingerprint density at radius 1 is 0.929 bits per heavy atom. The zero-order valence-electron chi connectivity index (χ0n) is 16.4. The molecule has 0 fully saturated rings. The van der Waals surface area contributed by atoms with E-state index in [0.717, 1.165) is 23.8 Å². The molecule has 0 atom stereocenters. The quantitative estimate of drug-likeness (QED) is 0.533. The first-order chi connectivity index (χ1) is 13.5. The third-order valence-electron chi connectivity index (χ3n) is 4.15. The standard InChI is InChI=1S/C20H25F2N3O3/c1-23-20(25-12-14-11-15(21)6-7-16(14)22)24-10-9-13-5-8-17(26-2)19(28-4)18(13)27-3/h5-8,11H,9-10,12H2,1-4H3,(H2,23,24,25). The summed E-state index contributed by atoms with van der Waals surface area (Å²) >= 11 is 0. The molecule has 0 heterocycles. The number of aliphatic imine (C=N–C) groups is 1. The Morgan fingerprint density at radius 2 is 1.68 bits per heavy atom. The monoisotopic (exact) mass is 393 g/mol. The van der Waals surface area contributed by atoms with Crippen LogP contribution in [-0.2, 0) is 13.0 Å². The maximum Gasteiger partial charge on any atom is 0.203 e. The fourth-order valence-corrected chi connectivity index (χ4v) is 2.75. The average Bonchev–Trinajstić information content (AvgIpc) is 2.71. The molecule has 0 amide bonds. The molecule has 8 heteroatoms. The second kappa shape index (κ2) is 10.3. The van der Waals surface area contributed by atoms with Crippen molar-refractivity contribution in [3.05, 3.63) is 53.1 Å². The zero-order valence-corrected chi connectivity index (χ0v) is 16.4. The summed E-state index contributed by atoms with van der Waals surface area (Å²) in [5, 5.41) is 6.10. The lowest BCUT2D eigenvalue weighted by molar-refractivity contribution is 0.322. The van der Waals surface area contributed by atoms with E-state index in [1.165, 1.54) is 0 Å². The van der Waals surface area contributed by atoms with Gasteiger partial charge >= 0.3 is 0 Å². The zero-order chi connectivity index (χ0) is 20.5. The molecule has 0 saturated heterocycles. The number of guanidine groups is 1. The van der Waals surface area contributed by atoms with Gasteiger partial charge in [0.15, 0.2) is 17.5 Å². The Kier molecular flexibility index (Phi) is 7.86. The van der Waals surface area contributed by atoms with Crippen LogP contribution in [0.3, 0.4) is 0 Å². The van der Waals surface area contributed by atoms with E-state index >= 15 is 0 Å². The summed E-state index contributed by atoms with van der Waals surface area (Å²) in [4.78, 5) is 4.09. The predicted molar refractivity (Wildman–Crippen MR) is 104 cm³/mol. The highest BCUT2D eigenvalue weighted by Gasteiger charge is 2.15. The van der Waals surface area contributed by atoms with Crippen molar-refractivity contribution in [3.8, 4) is 17.2 Å². The summed E-state index contributed by atoms with van der Waals surface area (Å²) in [5.74, 6) is 1.25. The van der Waals surface area contributed by atoms with E-state index < -0.39 is 11.6 Å². The van der Waals surface area contributed by atoms with E-state index in [0.29, 0.717) is 36.2 Å². The molecule has 2 N–H and O–H groups in total. The first-order valence-corrected chi connectivity index (χ1v) is 8.70. The van der Waals surface area contributed by atoms with Gasteiger partial charge in [0.1, 0.15) is 11.6 Å². The Balaban J connectivity index is 1.97. The van der Waals surface area contributed by atoms with Crippen molar-refractivity contribution in [1.29, 1.82) is 0 Å². The normalized spacial score (nSPS) is 11.1. The average molecular weight is 393 g/mol. The van der Waals surface area contributed by atoms with E-state index in [-0.39, 0.29) is 12.1 Å². The first-order valence-electron chi connectivity index (χ1n) is 8.70. The Bertz CT molecular complexity index is 829. The minimum atomic E-state index is -0.485. The van der Waals surface area contributed by atoms with Gasteiger partial charge in [-0.05, 0) is 30.7 Å². The fraction of sp³-hybridized carbons (Fsp3) is 0.350. The molecular weight excluding hydrogens is 368 g/mol. The molecule has 0 aromatic heterocycles. The summed E-state index contributed by atoms with van der Waals surface area (Å²) < 4.78 is 43.1. The molecule has 0 aliphatic rings. The van der Waals surface area contributed by atoms with Gasteiger partial charge in [0.2, 0.25) is 5.75 Å². The SMILES string of the molecule is CN=C(NCCc1ccc(OC)c(OC)c1OC)NCc1cc(F)ccc1F. The number of ether oxygens (including phenoxy) is 3. The smallest absolute Gasteiger partial charge is 0.203 e. The van der Waals surface area contributed by atoms with E-state index in [1.807, 2.05) is 12.1 Å². The number of nitrogens with one attached hydrogen (secondary N) is 2. The van der Waals surface area contributed by atoms with Gasteiger partial charge in [-0.25, -0.2) is 8.78 Å². The van der Waals surface area contributed by atoms with E-state index in [1.54, 1.807) is 28.4 Å². The van der Waals surface area contributed by atoms with Gasteiger partial charge < -0.3 is 24.8 Å². The highest BCUT2D eigenvalue weighted by Crippen LogP contribution is 2.39. The van der Waals surface area contributed by atoms with E-state index in [4.69, 9.17) is 14.2 Å². The number of hydrogen-bond acceptors (Lipinski definition) is 4. The lowest BCUT2D eigenvalue weighted by Crippen LogP contribution is -2.38. The highest BCUT2D eigenvalue weighted by atomic mass is 19.1. The largest absolute Gasteiger partial charge is 0.493 e. The summed E-state index contributed by atoms with van der Waals surface area (Å²) in [6.45, 7) is 0.653. The molecule has 0 spiro atoms. The molecular formula is C20H25F2N3O3. The predicted octanol–water partition coefficient (Wildman–Crippen LogP) is 2.90. The lowest BCUT2D eigenvalue weighted by atomic mass is 10.1. The second-order valence-electron chi connectivity index (χ2n) is 5.83. The number of nitrogens with zero attached hydrogens (tertiary/aromatic N) is 1. The number of halogens is 2. The Morgan fingerprint density at radius 3 is 2.32 bits per heavy atom. The van der Waals surface area contributed by atoms with Crippen molar-refractivity contribution in [3.63, 3.8) is 0 Å². The summed E-state index contributed by atoms with van der Waals surface area (Å²) in [5.41, 5.74) is 1.16. The molecule has 0 aliphatic carbocycles. The van der Waals surface area contributed by atoms with Gasteiger partial charge in [-0.2, -0.15) is 0 Å². The number of benzene rings is 2. The van der Waals surface area contributed by atoms with Crippen LogP contribution >= 0.6 is 0 Å². The van der Waals surface area contributed by atoms with Crippen LogP contribution in [0.25, 0.3) is 0 Å². The van der Waals surface area contributed by atoms with Crippen molar-refractivity contribution < 1.29 is 23.0 Å². The van der Waals surface area contributed by atoms with Crippen LogP contribution in [0.1, 0.15) is 11.1 Å². The third-order valence-corrected chi connectivity index (χ3v) is 4.15. The molecule has 0 radical (unpaired) electrons. The van der Waals surface area contributed by atoms with Crippen LogP contribution in [-0.4, -0.2) is 40.9 Å². The van der Waals surface area contributed by atoms with E-state index in [2.05, 4.69) is 15.6 Å². The van der Waals surface area contributed by atoms with E-state index in [9.17, 15) is 8.78 Å². The summed E-state index contributed by atoms with van der Waals surface area (Å²) in [6.07, 6.45) is 0.624. The van der Waals surface area contributed by atoms with Crippen LogP contribution in [0.4, 0.5) is 8.78 Å². The Hall–Kier alpha value is -3.03. The molecule has 0 aliphatic heterocycles. The molecule has 0 saturated carbocycles. The maximum absolute atomic E-state index is 13.7. The van der Waals surface area contributed by atoms with Crippen LogP contribution in [0, 0.1) is 11.6 Å². The molecule has 152 valence electrons. The minimum Gasteiger partial charge on any atom is -0.493 e. The maximum atomic E-state index is 13.7.